The van der Waals surface area contributed by atoms with Crippen LogP contribution in [0, 0.1) is 0 Å². The molecule has 102 valence electrons. The number of carboxylic acids is 1. The van der Waals surface area contributed by atoms with Gasteiger partial charge in [-0.3, -0.25) is 0 Å². The number of imidazole rings is 1. The maximum absolute atomic E-state index is 11.2. The van der Waals surface area contributed by atoms with Crippen molar-refractivity contribution in [2.45, 2.75) is 64.3 Å². The van der Waals surface area contributed by atoms with Crippen LogP contribution in [-0.2, 0) is 4.79 Å². The van der Waals surface area contributed by atoms with Gasteiger partial charge in [-0.15, -0.1) is 0 Å². The van der Waals surface area contributed by atoms with E-state index in [1.165, 1.54) is 32.1 Å². The Morgan fingerprint density at radius 1 is 1.22 bits per heavy atom. The molecule has 1 N–H and O–H groups in total. The van der Waals surface area contributed by atoms with Crippen LogP contribution in [-0.4, -0.2) is 20.6 Å². The second kappa shape index (κ2) is 8.72. The molecular weight excluding hydrogens is 228 g/mol. The summed E-state index contributed by atoms with van der Waals surface area (Å²) in [5.74, 6) is -0.765. The summed E-state index contributed by atoms with van der Waals surface area (Å²) in [6.07, 6.45) is 14.1. The fourth-order valence-electron chi connectivity index (χ4n) is 2.15. The Morgan fingerprint density at radius 3 is 2.44 bits per heavy atom. The van der Waals surface area contributed by atoms with Crippen LogP contribution < -0.4 is 0 Å². The molecule has 0 aliphatic carbocycles. The molecule has 1 aromatic heterocycles. The summed E-state index contributed by atoms with van der Waals surface area (Å²) in [7, 11) is 0. The Kier molecular flexibility index (Phi) is 7.14. The normalized spacial score (nSPS) is 12.5. The molecule has 0 amide bonds. The lowest BCUT2D eigenvalue weighted by molar-refractivity contribution is -0.141. The van der Waals surface area contributed by atoms with Crippen molar-refractivity contribution in [3.63, 3.8) is 0 Å². The Morgan fingerprint density at radius 2 is 1.89 bits per heavy atom. The molecule has 0 radical (unpaired) electrons. The minimum absolute atomic E-state index is 0.455. The van der Waals surface area contributed by atoms with Crippen LogP contribution >= 0.6 is 0 Å². The number of nitrogens with zero attached hydrogens (tertiary/aromatic N) is 2. The van der Waals surface area contributed by atoms with Crippen LogP contribution in [0.5, 0.6) is 0 Å². The molecule has 4 heteroatoms. The highest BCUT2D eigenvalue weighted by Gasteiger charge is 2.17. The summed E-state index contributed by atoms with van der Waals surface area (Å²) < 4.78 is 1.68. The number of aromatic nitrogens is 2. The van der Waals surface area contributed by atoms with Crippen LogP contribution in [0.1, 0.15) is 64.3 Å². The smallest absolute Gasteiger partial charge is 0.326 e. The zero-order valence-corrected chi connectivity index (χ0v) is 11.2. The van der Waals surface area contributed by atoms with E-state index in [1.54, 1.807) is 23.3 Å². The molecule has 1 rings (SSSR count). The second-order valence-electron chi connectivity index (χ2n) is 4.77. The lowest BCUT2D eigenvalue weighted by Crippen LogP contribution is -2.17. The first-order valence-electron chi connectivity index (χ1n) is 6.96. The number of aliphatic carboxylic acids is 1. The third-order valence-corrected chi connectivity index (χ3v) is 3.25. The van der Waals surface area contributed by atoms with Gasteiger partial charge in [0.1, 0.15) is 6.04 Å². The largest absolute Gasteiger partial charge is 0.480 e. The molecule has 1 heterocycles. The van der Waals surface area contributed by atoms with Crippen molar-refractivity contribution in [2.24, 2.45) is 0 Å². The number of rotatable bonds is 10. The molecule has 0 spiro atoms. The van der Waals surface area contributed by atoms with E-state index in [9.17, 15) is 4.79 Å². The number of carboxylic acid groups (broad SMARTS) is 1. The Bertz CT molecular complexity index is 323. The van der Waals surface area contributed by atoms with Crippen molar-refractivity contribution < 1.29 is 9.90 Å². The zero-order chi connectivity index (χ0) is 13.2. The van der Waals surface area contributed by atoms with Gasteiger partial charge in [-0.25, -0.2) is 9.78 Å². The van der Waals surface area contributed by atoms with E-state index in [-0.39, 0.29) is 0 Å². The van der Waals surface area contributed by atoms with Crippen LogP contribution in [0.3, 0.4) is 0 Å². The Labute approximate surface area is 109 Å². The maximum atomic E-state index is 11.2. The summed E-state index contributed by atoms with van der Waals surface area (Å²) in [6.45, 7) is 2.21. The predicted octanol–water partition coefficient (Wildman–Crippen LogP) is 3.65. The highest BCUT2D eigenvalue weighted by atomic mass is 16.4. The minimum Gasteiger partial charge on any atom is -0.480 e. The van der Waals surface area contributed by atoms with E-state index in [0.717, 1.165) is 12.8 Å². The van der Waals surface area contributed by atoms with Crippen molar-refractivity contribution in [1.82, 2.24) is 9.55 Å². The Hall–Kier alpha value is -1.32. The highest BCUT2D eigenvalue weighted by Crippen LogP contribution is 2.17. The summed E-state index contributed by atoms with van der Waals surface area (Å²) in [4.78, 5) is 15.1. The van der Waals surface area contributed by atoms with Crippen molar-refractivity contribution >= 4 is 5.97 Å². The third-order valence-electron chi connectivity index (χ3n) is 3.25. The van der Waals surface area contributed by atoms with Gasteiger partial charge >= 0.3 is 5.97 Å². The van der Waals surface area contributed by atoms with Crippen molar-refractivity contribution in [1.29, 1.82) is 0 Å². The van der Waals surface area contributed by atoms with Gasteiger partial charge in [0.2, 0.25) is 0 Å². The average molecular weight is 252 g/mol. The third kappa shape index (κ3) is 5.34. The Balaban J connectivity index is 2.17. The molecule has 0 aliphatic rings. The van der Waals surface area contributed by atoms with Crippen LogP contribution in [0.25, 0.3) is 0 Å². The monoisotopic (exact) mass is 252 g/mol. The lowest BCUT2D eigenvalue weighted by atomic mass is 10.1. The van der Waals surface area contributed by atoms with Gasteiger partial charge in [0, 0.05) is 12.4 Å². The summed E-state index contributed by atoms with van der Waals surface area (Å²) in [6, 6.07) is -0.455. The molecule has 0 saturated carbocycles. The molecule has 0 aromatic carbocycles. The second-order valence-corrected chi connectivity index (χ2v) is 4.77. The fraction of sp³-hybridized carbons (Fsp3) is 0.714. The quantitative estimate of drug-likeness (QED) is 0.647. The molecular formula is C14H24N2O2. The van der Waals surface area contributed by atoms with Crippen LogP contribution in [0.15, 0.2) is 18.7 Å². The molecule has 1 unspecified atom stereocenters. The standard InChI is InChI=1S/C14H24N2O2/c1-2-3-4-5-6-7-8-9-13(14(17)18)16-11-10-15-12-16/h10-13H,2-9H2,1H3,(H,17,18). The first-order valence-corrected chi connectivity index (χ1v) is 6.96. The van der Waals surface area contributed by atoms with E-state index in [4.69, 9.17) is 5.11 Å². The van der Waals surface area contributed by atoms with Crippen LogP contribution in [0.2, 0.25) is 0 Å². The summed E-state index contributed by atoms with van der Waals surface area (Å²) in [5.41, 5.74) is 0. The maximum Gasteiger partial charge on any atom is 0.326 e. The van der Waals surface area contributed by atoms with E-state index in [0.29, 0.717) is 6.42 Å². The number of carbonyl (C=O) groups is 1. The molecule has 1 atom stereocenters. The first-order chi connectivity index (χ1) is 8.75. The highest BCUT2D eigenvalue weighted by molar-refractivity contribution is 5.71. The minimum atomic E-state index is -0.765. The molecule has 0 saturated heterocycles. The number of hydrogen-bond donors (Lipinski definition) is 1. The van der Waals surface area contributed by atoms with E-state index < -0.39 is 12.0 Å². The predicted molar refractivity (Wildman–Crippen MR) is 71.5 cm³/mol. The fourth-order valence-corrected chi connectivity index (χ4v) is 2.15. The molecule has 0 bridgehead atoms. The van der Waals surface area contributed by atoms with E-state index in [2.05, 4.69) is 11.9 Å². The van der Waals surface area contributed by atoms with Crippen molar-refractivity contribution in [3.8, 4) is 0 Å². The van der Waals surface area contributed by atoms with Gasteiger partial charge in [-0.1, -0.05) is 51.9 Å². The SMILES string of the molecule is CCCCCCCCCC(C(=O)O)n1ccnc1. The zero-order valence-electron chi connectivity index (χ0n) is 11.2. The van der Waals surface area contributed by atoms with Gasteiger partial charge in [0.15, 0.2) is 0 Å². The van der Waals surface area contributed by atoms with Crippen LogP contribution in [0.4, 0.5) is 0 Å². The number of unbranched alkanes of at least 4 members (excludes halogenated alkanes) is 6. The molecule has 4 nitrogen and oxygen atoms in total. The van der Waals surface area contributed by atoms with Gasteiger partial charge in [0.05, 0.1) is 6.33 Å². The van der Waals surface area contributed by atoms with Crippen molar-refractivity contribution in [2.75, 3.05) is 0 Å². The average Bonchev–Trinajstić information content (AvgIpc) is 2.85. The lowest BCUT2D eigenvalue weighted by Gasteiger charge is -2.13. The topological polar surface area (TPSA) is 55.1 Å². The molecule has 0 aliphatic heterocycles. The van der Waals surface area contributed by atoms with E-state index in [1.807, 2.05) is 0 Å². The molecule has 1 aromatic rings. The van der Waals surface area contributed by atoms with Gasteiger partial charge < -0.3 is 9.67 Å². The summed E-state index contributed by atoms with van der Waals surface area (Å²) >= 11 is 0. The molecule has 18 heavy (non-hydrogen) atoms. The van der Waals surface area contributed by atoms with Gasteiger partial charge in [0.25, 0.3) is 0 Å². The van der Waals surface area contributed by atoms with Crippen molar-refractivity contribution in [3.05, 3.63) is 18.7 Å². The first kappa shape index (κ1) is 14.7. The summed E-state index contributed by atoms with van der Waals surface area (Å²) in [5, 5.41) is 9.17. The number of hydrogen-bond acceptors (Lipinski definition) is 2. The molecule has 0 fully saturated rings. The van der Waals surface area contributed by atoms with E-state index >= 15 is 0 Å². The van der Waals surface area contributed by atoms with Gasteiger partial charge in [-0.2, -0.15) is 0 Å². The van der Waals surface area contributed by atoms with Gasteiger partial charge in [-0.05, 0) is 6.42 Å².